The van der Waals surface area contributed by atoms with Crippen LogP contribution in [0.2, 0.25) is 0 Å². The number of rotatable bonds is 4. The van der Waals surface area contributed by atoms with Gasteiger partial charge in [0.05, 0.1) is 22.2 Å². The van der Waals surface area contributed by atoms with E-state index in [1.54, 1.807) is 11.3 Å². The van der Waals surface area contributed by atoms with Crippen molar-refractivity contribution in [2.45, 2.75) is 26.3 Å². The van der Waals surface area contributed by atoms with Gasteiger partial charge in [-0.25, -0.2) is 9.72 Å². The lowest BCUT2D eigenvalue weighted by Crippen LogP contribution is -2.27. The molecule has 0 saturated heterocycles. The van der Waals surface area contributed by atoms with E-state index < -0.39 is 0 Å². The van der Waals surface area contributed by atoms with Crippen molar-refractivity contribution in [2.24, 2.45) is 5.41 Å². The Labute approximate surface area is 151 Å². The van der Waals surface area contributed by atoms with Crippen molar-refractivity contribution in [3.05, 3.63) is 65.4 Å². The third-order valence-electron chi connectivity index (χ3n) is 4.77. The number of nitrogens with zero attached hydrogens (tertiary/aromatic N) is 2. The molecule has 1 aliphatic rings. The Morgan fingerprint density at radius 3 is 2.64 bits per heavy atom. The van der Waals surface area contributed by atoms with Crippen molar-refractivity contribution in [3.8, 4) is 0 Å². The number of para-hydroxylation sites is 1. The molecule has 0 amide bonds. The Hall–Kier alpha value is -2.40. The highest BCUT2D eigenvalue weighted by molar-refractivity contribution is 7.22. The van der Waals surface area contributed by atoms with E-state index in [4.69, 9.17) is 0 Å². The number of hydrogen-bond acceptors (Lipinski definition) is 4. The zero-order valence-corrected chi connectivity index (χ0v) is 15.2. The van der Waals surface area contributed by atoms with Gasteiger partial charge in [0.2, 0.25) is 5.71 Å². The summed E-state index contributed by atoms with van der Waals surface area (Å²) in [5, 5.41) is 17.2. The maximum atomic E-state index is 12.9. The molecule has 1 unspecified atom stereocenters. The van der Waals surface area contributed by atoms with Crippen LogP contribution in [0.1, 0.15) is 25.8 Å². The van der Waals surface area contributed by atoms with Crippen molar-refractivity contribution in [1.82, 2.24) is 4.98 Å². The lowest BCUT2D eigenvalue weighted by Gasteiger charge is -2.15. The molecule has 0 fully saturated rings. The molecule has 1 aromatic heterocycles. The molecule has 0 aliphatic carbocycles. The first kappa shape index (κ1) is 16.1. The van der Waals surface area contributed by atoms with Gasteiger partial charge in [0.1, 0.15) is 0 Å². The predicted molar refractivity (Wildman–Crippen MR) is 104 cm³/mol. The first-order valence-electron chi connectivity index (χ1n) is 8.53. The van der Waals surface area contributed by atoms with E-state index in [0.29, 0.717) is 6.54 Å². The molecule has 2 heterocycles. The largest absolute Gasteiger partial charge is 0.623 e. The topological polar surface area (TPSA) is 51.0 Å². The average Bonchev–Trinajstić information content (AvgIpc) is 3.11. The molecule has 3 aromatic rings. The molecule has 5 heteroatoms. The molecule has 1 aliphatic heterocycles. The summed E-state index contributed by atoms with van der Waals surface area (Å²) in [6.07, 6.45) is 0.832. The fourth-order valence-electron chi connectivity index (χ4n) is 3.67. The smallest absolute Gasteiger partial charge is 0.200 e. The normalized spacial score (nSPS) is 19.5. The number of hydrogen-bond donors (Lipinski definition) is 1. The minimum absolute atomic E-state index is 0.0859. The highest BCUT2D eigenvalue weighted by Crippen LogP contribution is 2.35. The molecule has 25 heavy (non-hydrogen) atoms. The lowest BCUT2D eigenvalue weighted by molar-refractivity contribution is -0.487. The molecule has 4 rings (SSSR count). The third kappa shape index (κ3) is 3.00. The molecular formula is C20H21N3OS. The van der Waals surface area contributed by atoms with Gasteiger partial charge >= 0.3 is 0 Å². The van der Waals surface area contributed by atoms with Crippen molar-refractivity contribution >= 4 is 32.4 Å². The molecule has 2 aromatic carbocycles. The van der Waals surface area contributed by atoms with Crippen LogP contribution in [0, 0.1) is 10.6 Å². The zero-order valence-electron chi connectivity index (χ0n) is 14.4. The SMILES string of the molecule is CC1(C)CC(CNc2nc3ccccc3s2)[N+]([O-])=C1c1ccccc1. The number of aromatic nitrogens is 1. The summed E-state index contributed by atoms with van der Waals surface area (Å²) in [4.78, 5) is 4.59. The number of fused-ring (bicyclic) bond motifs is 1. The summed E-state index contributed by atoms with van der Waals surface area (Å²) < 4.78 is 2.36. The third-order valence-corrected chi connectivity index (χ3v) is 5.76. The quantitative estimate of drug-likeness (QED) is 0.556. The molecule has 128 valence electrons. The summed E-state index contributed by atoms with van der Waals surface area (Å²) in [7, 11) is 0. The van der Waals surface area contributed by atoms with Gasteiger partial charge in [-0.15, -0.1) is 0 Å². The summed E-state index contributed by atoms with van der Waals surface area (Å²) in [6, 6.07) is 18.0. The minimum Gasteiger partial charge on any atom is -0.623 e. The van der Waals surface area contributed by atoms with Gasteiger partial charge in [-0.3, -0.25) is 0 Å². The summed E-state index contributed by atoms with van der Waals surface area (Å²) in [5.74, 6) is 0. The number of thiazole rings is 1. The van der Waals surface area contributed by atoms with E-state index in [9.17, 15) is 5.21 Å². The van der Waals surface area contributed by atoms with Crippen LogP contribution in [0.5, 0.6) is 0 Å². The maximum Gasteiger partial charge on any atom is 0.200 e. The van der Waals surface area contributed by atoms with Crippen molar-refractivity contribution < 1.29 is 4.74 Å². The standard InChI is InChI=1S/C20H21N3OS/c1-20(2)12-15(23(24)18(20)14-8-4-3-5-9-14)13-21-19-22-16-10-6-7-11-17(16)25-19/h3-11,15H,12-13H2,1-2H3,(H,21,22). The van der Waals surface area contributed by atoms with Gasteiger partial charge in [0, 0.05) is 12.0 Å². The highest BCUT2D eigenvalue weighted by Gasteiger charge is 2.45. The van der Waals surface area contributed by atoms with Gasteiger partial charge in [-0.1, -0.05) is 41.7 Å². The second kappa shape index (κ2) is 6.15. The Bertz CT molecular complexity index is 897. The number of hydroxylamine groups is 1. The zero-order chi connectivity index (χ0) is 17.4. The highest BCUT2D eigenvalue weighted by atomic mass is 32.1. The molecule has 0 spiro atoms. The maximum absolute atomic E-state index is 12.9. The Morgan fingerprint density at radius 1 is 1.16 bits per heavy atom. The molecule has 0 saturated carbocycles. The van der Waals surface area contributed by atoms with Crippen LogP contribution in [-0.2, 0) is 0 Å². The second-order valence-electron chi connectivity index (χ2n) is 7.15. The predicted octanol–water partition coefficient (Wildman–Crippen LogP) is 4.51. The fraction of sp³-hybridized carbons (Fsp3) is 0.300. The molecule has 0 radical (unpaired) electrons. The number of benzene rings is 2. The van der Waals surface area contributed by atoms with Gasteiger partial charge in [-0.05, 0) is 38.1 Å². The molecule has 1 atom stereocenters. The Morgan fingerprint density at radius 2 is 1.88 bits per heavy atom. The monoisotopic (exact) mass is 351 g/mol. The van der Waals surface area contributed by atoms with E-state index >= 15 is 0 Å². The van der Waals surface area contributed by atoms with Gasteiger partial charge in [0.25, 0.3) is 0 Å². The molecule has 0 bridgehead atoms. The first-order chi connectivity index (χ1) is 12.0. The van der Waals surface area contributed by atoms with Crippen LogP contribution in [0.15, 0.2) is 54.6 Å². The first-order valence-corrected chi connectivity index (χ1v) is 9.35. The van der Waals surface area contributed by atoms with Crippen LogP contribution >= 0.6 is 11.3 Å². The van der Waals surface area contributed by atoms with Gasteiger partial charge < -0.3 is 10.5 Å². The van der Waals surface area contributed by atoms with Gasteiger partial charge in [-0.2, -0.15) is 0 Å². The van der Waals surface area contributed by atoms with E-state index in [2.05, 4.69) is 30.2 Å². The lowest BCUT2D eigenvalue weighted by atomic mass is 9.81. The second-order valence-corrected chi connectivity index (χ2v) is 8.18. The molecular weight excluding hydrogens is 330 g/mol. The summed E-state index contributed by atoms with van der Waals surface area (Å²) in [5.41, 5.74) is 2.76. The fourth-order valence-corrected chi connectivity index (χ4v) is 4.54. The van der Waals surface area contributed by atoms with Gasteiger partial charge in [0.15, 0.2) is 11.2 Å². The van der Waals surface area contributed by atoms with E-state index in [0.717, 1.165) is 33.0 Å². The number of nitrogens with one attached hydrogen (secondary N) is 1. The van der Waals surface area contributed by atoms with E-state index in [1.807, 2.05) is 48.5 Å². The minimum atomic E-state index is -0.136. The summed E-state index contributed by atoms with van der Waals surface area (Å²) in [6.45, 7) is 4.90. The Kier molecular flexibility index (Phi) is 3.96. The molecule has 1 N–H and O–H groups in total. The van der Waals surface area contributed by atoms with Crippen LogP contribution < -0.4 is 5.32 Å². The van der Waals surface area contributed by atoms with Crippen LogP contribution in [-0.4, -0.2) is 28.0 Å². The van der Waals surface area contributed by atoms with Crippen LogP contribution in [0.3, 0.4) is 0 Å². The Balaban J connectivity index is 1.56. The molecule has 4 nitrogen and oxygen atoms in total. The summed E-state index contributed by atoms with van der Waals surface area (Å²) >= 11 is 1.63. The van der Waals surface area contributed by atoms with Crippen molar-refractivity contribution in [2.75, 3.05) is 11.9 Å². The van der Waals surface area contributed by atoms with Crippen LogP contribution in [0.25, 0.3) is 10.2 Å². The average molecular weight is 351 g/mol. The van der Waals surface area contributed by atoms with E-state index in [1.165, 1.54) is 4.74 Å². The van der Waals surface area contributed by atoms with Crippen molar-refractivity contribution in [1.29, 1.82) is 0 Å². The van der Waals surface area contributed by atoms with Crippen LogP contribution in [0.4, 0.5) is 5.13 Å². The number of anilines is 1. The van der Waals surface area contributed by atoms with Crippen molar-refractivity contribution in [3.63, 3.8) is 0 Å². The van der Waals surface area contributed by atoms with E-state index in [-0.39, 0.29) is 11.5 Å².